The van der Waals surface area contributed by atoms with Gasteiger partial charge in [-0.2, -0.15) is 4.98 Å². The molecule has 5 rings (SSSR count). The molecule has 0 amide bonds. The molecule has 0 saturated carbocycles. The first-order valence-corrected chi connectivity index (χ1v) is 15.5. The Morgan fingerprint density at radius 2 is 1.85 bits per heavy atom. The number of anilines is 2. The van der Waals surface area contributed by atoms with Crippen LogP contribution in [0.1, 0.15) is 6.92 Å². The van der Waals surface area contributed by atoms with E-state index < -0.39 is 7.37 Å². The molecule has 3 aromatic heterocycles. The molecule has 4 heterocycles. The monoisotopic (exact) mass is 603 g/mol. The molecule has 40 heavy (non-hydrogen) atoms. The van der Waals surface area contributed by atoms with Crippen LogP contribution in [0.25, 0.3) is 22.2 Å². The second-order valence-corrected chi connectivity index (χ2v) is 12.8. The zero-order chi connectivity index (χ0) is 28.3. The molecule has 1 aromatic carbocycles. The van der Waals surface area contributed by atoms with Crippen molar-refractivity contribution in [3.05, 3.63) is 63.0 Å². The molecule has 4 aromatic rings. The van der Waals surface area contributed by atoms with Gasteiger partial charge in [0.25, 0.3) is 5.56 Å². The fourth-order valence-corrected chi connectivity index (χ4v) is 7.23. The number of hydrogen-bond donors (Lipinski definition) is 1. The quantitative estimate of drug-likeness (QED) is 0.265. The zero-order valence-corrected chi connectivity index (χ0v) is 24.4. The first kappa shape index (κ1) is 28.4. The van der Waals surface area contributed by atoms with Crippen LogP contribution in [0.15, 0.2) is 47.4 Å². The molecule has 0 bridgehead atoms. The van der Waals surface area contributed by atoms with Crippen molar-refractivity contribution in [2.24, 2.45) is 7.05 Å². The predicted octanol–water partition coefficient (Wildman–Crippen LogP) is 4.84. The maximum absolute atomic E-state index is 13.1. The Balaban J connectivity index is 1.22. The molecular formula is C26H28Cl2N7O4P. The first-order valence-electron chi connectivity index (χ1n) is 12.8. The fourth-order valence-electron chi connectivity index (χ4n) is 4.50. The lowest BCUT2D eigenvalue weighted by Gasteiger charge is -2.31. The van der Waals surface area contributed by atoms with Crippen LogP contribution in [0.5, 0.6) is 5.88 Å². The van der Waals surface area contributed by atoms with Crippen molar-refractivity contribution in [3.8, 4) is 17.0 Å². The molecule has 0 spiro atoms. The Hall–Kier alpha value is -3.08. The van der Waals surface area contributed by atoms with Crippen molar-refractivity contribution >= 4 is 53.4 Å². The van der Waals surface area contributed by atoms with Crippen LogP contribution in [0.3, 0.4) is 0 Å². The number of halogens is 2. The minimum absolute atomic E-state index is 0.253. The number of nitrogens with one attached hydrogen (secondary N) is 1. The summed E-state index contributed by atoms with van der Waals surface area (Å²) in [6, 6.07) is 10.2. The number of aromatic nitrogens is 5. The van der Waals surface area contributed by atoms with Gasteiger partial charge in [0.1, 0.15) is 12.3 Å². The maximum Gasteiger partial charge on any atom is 0.259 e. The molecule has 1 N–H and O–H groups in total. The summed E-state index contributed by atoms with van der Waals surface area (Å²) >= 11 is 12.7. The predicted molar refractivity (Wildman–Crippen MR) is 156 cm³/mol. The number of hydrogen-bond acceptors (Lipinski definition) is 10. The van der Waals surface area contributed by atoms with Crippen molar-refractivity contribution in [2.45, 2.75) is 6.92 Å². The second-order valence-electron chi connectivity index (χ2n) is 9.24. The molecule has 11 nitrogen and oxygen atoms in total. The van der Waals surface area contributed by atoms with Crippen LogP contribution in [-0.4, -0.2) is 74.8 Å². The largest absolute Gasteiger partial charge is 0.475 e. The van der Waals surface area contributed by atoms with Gasteiger partial charge in [-0.1, -0.05) is 29.3 Å². The molecule has 14 heteroatoms. The van der Waals surface area contributed by atoms with E-state index in [0.29, 0.717) is 76.0 Å². The smallest absolute Gasteiger partial charge is 0.259 e. The normalized spacial score (nSPS) is 15.3. The number of benzene rings is 1. The molecule has 1 fully saturated rings. The third-order valence-corrected chi connectivity index (χ3v) is 9.72. The van der Waals surface area contributed by atoms with Gasteiger partial charge in [0.2, 0.25) is 19.2 Å². The topological polar surface area (TPSA) is 124 Å². The van der Waals surface area contributed by atoms with Gasteiger partial charge in [-0.05, 0) is 31.2 Å². The number of ether oxygens (including phenoxy) is 1. The van der Waals surface area contributed by atoms with Crippen molar-refractivity contribution in [1.29, 1.82) is 0 Å². The standard InChI is InChI=1S/C26H28Cl2N7O4P/c1-3-39-40(37)13-10-35(11-14-40)9-12-38-22-8-7-21(32-33-22)30-26-29-16-17-15-18(25(36)34(2)24(17)31-26)23-19(27)5-4-6-20(23)28/h4-8,15-16H,3,9-14H2,1-2H3,(H,29,30,31,32). The Kier molecular flexibility index (Phi) is 8.68. The number of nitrogens with zero attached hydrogens (tertiary/aromatic N) is 6. The Bertz CT molecular complexity index is 1600. The SMILES string of the molecule is CCOP1(=O)CCN(CCOc2ccc(Nc3ncc4cc(-c5c(Cl)cccc5Cl)c(=O)n(C)c4n3)nn2)CC1. The summed E-state index contributed by atoms with van der Waals surface area (Å²) in [7, 11) is -0.834. The van der Waals surface area contributed by atoms with Crippen LogP contribution in [0.2, 0.25) is 10.0 Å². The van der Waals surface area contributed by atoms with E-state index in [-0.39, 0.29) is 11.5 Å². The van der Waals surface area contributed by atoms with Gasteiger partial charge in [0.15, 0.2) is 5.82 Å². The molecule has 0 radical (unpaired) electrons. The first-order chi connectivity index (χ1) is 19.3. The van der Waals surface area contributed by atoms with Gasteiger partial charge in [-0.25, -0.2) is 4.98 Å². The zero-order valence-electron chi connectivity index (χ0n) is 22.0. The highest BCUT2D eigenvalue weighted by Crippen LogP contribution is 2.48. The molecule has 1 aliphatic rings. The van der Waals surface area contributed by atoms with Crippen molar-refractivity contribution in [1.82, 2.24) is 29.6 Å². The molecule has 1 aliphatic heterocycles. The van der Waals surface area contributed by atoms with Gasteiger partial charge in [0, 0.05) is 62.2 Å². The molecule has 1 saturated heterocycles. The molecule has 0 unspecified atom stereocenters. The highest BCUT2D eigenvalue weighted by Gasteiger charge is 2.29. The van der Waals surface area contributed by atoms with Crippen LogP contribution in [0.4, 0.5) is 11.8 Å². The Morgan fingerprint density at radius 1 is 1.10 bits per heavy atom. The van der Waals surface area contributed by atoms with Gasteiger partial charge in [-0.3, -0.25) is 18.8 Å². The van der Waals surface area contributed by atoms with Crippen LogP contribution < -0.4 is 15.6 Å². The summed E-state index contributed by atoms with van der Waals surface area (Å²) in [5, 5.41) is 12.7. The Morgan fingerprint density at radius 3 is 2.52 bits per heavy atom. The minimum Gasteiger partial charge on any atom is -0.475 e. The third kappa shape index (κ3) is 6.29. The van der Waals surface area contributed by atoms with Crippen molar-refractivity contribution in [2.75, 3.05) is 50.5 Å². The number of rotatable bonds is 9. The lowest BCUT2D eigenvalue weighted by atomic mass is 10.1. The van der Waals surface area contributed by atoms with Gasteiger partial charge in [-0.15, -0.1) is 10.2 Å². The van der Waals surface area contributed by atoms with E-state index in [1.807, 2.05) is 6.92 Å². The molecule has 210 valence electrons. The number of aryl methyl sites for hydroxylation is 1. The summed E-state index contributed by atoms with van der Waals surface area (Å²) in [6.45, 7) is 4.93. The Labute approximate surface area is 240 Å². The van der Waals surface area contributed by atoms with E-state index in [2.05, 4.69) is 30.4 Å². The van der Waals surface area contributed by atoms with Crippen molar-refractivity contribution in [3.63, 3.8) is 0 Å². The van der Waals surface area contributed by atoms with E-state index in [4.69, 9.17) is 32.5 Å². The maximum atomic E-state index is 13.1. The number of fused-ring (bicyclic) bond motifs is 1. The fraction of sp³-hybridized carbons (Fsp3) is 0.346. The van der Waals surface area contributed by atoms with E-state index >= 15 is 0 Å². The van der Waals surface area contributed by atoms with Crippen LogP contribution >= 0.6 is 30.6 Å². The summed E-state index contributed by atoms with van der Waals surface area (Å²) in [4.78, 5) is 24.2. The third-order valence-electron chi connectivity index (χ3n) is 6.60. The molecular weight excluding hydrogens is 576 g/mol. The van der Waals surface area contributed by atoms with Crippen LogP contribution in [0, 0.1) is 0 Å². The second kappa shape index (κ2) is 12.2. The van der Waals surface area contributed by atoms with Gasteiger partial charge < -0.3 is 14.6 Å². The van der Waals surface area contributed by atoms with E-state index in [0.717, 1.165) is 13.1 Å². The molecule has 0 aliphatic carbocycles. The average molecular weight is 604 g/mol. The summed E-state index contributed by atoms with van der Waals surface area (Å²) in [6.07, 6.45) is 2.75. The lowest BCUT2D eigenvalue weighted by molar-refractivity contribution is 0.206. The van der Waals surface area contributed by atoms with E-state index in [1.54, 1.807) is 49.6 Å². The highest BCUT2D eigenvalue weighted by molar-refractivity contribution is 7.59. The van der Waals surface area contributed by atoms with E-state index in [1.165, 1.54) is 4.57 Å². The van der Waals surface area contributed by atoms with Gasteiger partial charge in [0.05, 0.1) is 22.2 Å². The van der Waals surface area contributed by atoms with E-state index in [9.17, 15) is 9.36 Å². The minimum atomic E-state index is -2.46. The highest BCUT2D eigenvalue weighted by atomic mass is 35.5. The molecule has 0 atom stereocenters. The summed E-state index contributed by atoms with van der Waals surface area (Å²) < 4.78 is 25.1. The summed E-state index contributed by atoms with van der Waals surface area (Å²) in [5.74, 6) is 1.05. The lowest BCUT2D eigenvalue weighted by Crippen LogP contribution is -2.37. The van der Waals surface area contributed by atoms with Gasteiger partial charge >= 0.3 is 0 Å². The summed E-state index contributed by atoms with van der Waals surface area (Å²) in [5.41, 5.74) is 0.970. The van der Waals surface area contributed by atoms with Crippen LogP contribution in [-0.2, 0) is 16.1 Å². The average Bonchev–Trinajstić information content (AvgIpc) is 2.94. The van der Waals surface area contributed by atoms with Crippen molar-refractivity contribution < 1.29 is 13.8 Å². The number of pyridine rings is 1.